The van der Waals surface area contributed by atoms with Gasteiger partial charge in [0.15, 0.2) is 11.6 Å². The van der Waals surface area contributed by atoms with E-state index in [9.17, 15) is 8.78 Å². The van der Waals surface area contributed by atoms with Gasteiger partial charge in [0.05, 0.1) is 31.4 Å². The van der Waals surface area contributed by atoms with Crippen LogP contribution >= 0.6 is 0 Å². The third-order valence-corrected chi connectivity index (χ3v) is 6.24. The standard InChI is InChI=1S/C27H33F2N5O/c1-18-16-35-17-20(13-30)14-33(18)24(27(2,3)4)26-31-25(22-12-21(28)10-11-23(22)29)32-34(26)15-19-8-6-5-7-9-19/h5-12,20,24H,1,13-17,30H2,2-4H3/t20-,24?/m0/s1. The average Bonchev–Trinajstić information content (AvgIpc) is 3.11. The molecule has 1 fully saturated rings. The number of benzene rings is 2. The van der Waals surface area contributed by atoms with Crippen LogP contribution in [0.3, 0.4) is 0 Å². The Balaban J connectivity index is 1.87. The van der Waals surface area contributed by atoms with Gasteiger partial charge in [0.25, 0.3) is 0 Å². The van der Waals surface area contributed by atoms with Gasteiger partial charge < -0.3 is 15.4 Å². The molecule has 4 rings (SSSR count). The monoisotopic (exact) mass is 481 g/mol. The van der Waals surface area contributed by atoms with E-state index in [2.05, 4.69) is 37.3 Å². The molecule has 8 heteroatoms. The fraction of sp³-hybridized carbons (Fsp3) is 0.407. The van der Waals surface area contributed by atoms with Gasteiger partial charge in [-0.3, -0.25) is 0 Å². The number of rotatable bonds is 6. The number of nitrogens with two attached hydrogens (primary N) is 1. The van der Waals surface area contributed by atoms with Crippen LogP contribution in [0.2, 0.25) is 0 Å². The van der Waals surface area contributed by atoms with Gasteiger partial charge in [-0.05, 0) is 35.7 Å². The lowest BCUT2D eigenvalue weighted by Gasteiger charge is -2.42. The van der Waals surface area contributed by atoms with Gasteiger partial charge in [-0.2, -0.15) is 5.10 Å². The van der Waals surface area contributed by atoms with Crippen molar-refractivity contribution in [2.45, 2.75) is 33.4 Å². The van der Waals surface area contributed by atoms with Crippen LogP contribution in [0.25, 0.3) is 11.4 Å². The molecule has 2 aromatic carbocycles. The molecule has 0 amide bonds. The van der Waals surface area contributed by atoms with Crippen LogP contribution in [0.5, 0.6) is 0 Å². The Bertz CT molecular complexity index is 1170. The molecule has 0 bridgehead atoms. The maximum atomic E-state index is 14.7. The van der Waals surface area contributed by atoms with Crippen LogP contribution in [-0.2, 0) is 11.3 Å². The molecule has 0 aliphatic carbocycles. The number of hydrogen-bond acceptors (Lipinski definition) is 5. The molecule has 186 valence electrons. The lowest BCUT2D eigenvalue weighted by Crippen LogP contribution is -2.41. The number of hydrogen-bond donors (Lipinski definition) is 1. The summed E-state index contributed by atoms with van der Waals surface area (Å²) in [5.74, 6) is -0.186. The minimum atomic E-state index is -0.571. The van der Waals surface area contributed by atoms with Crippen LogP contribution in [0, 0.1) is 23.0 Å². The molecule has 2 atom stereocenters. The molecule has 0 spiro atoms. The minimum absolute atomic E-state index is 0.0311. The molecule has 0 saturated carbocycles. The first kappa shape index (κ1) is 25.0. The first-order chi connectivity index (χ1) is 16.7. The third-order valence-electron chi connectivity index (χ3n) is 6.24. The molecule has 1 unspecified atom stereocenters. The van der Waals surface area contributed by atoms with Gasteiger partial charge in [-0.25, -0.2) is 18.4 Å². The van der Waals surface area contributed by atoms with E-state index in [0.717, 1.165) is 29.5 Å². The lowest BCUT2D eigenvalue weighted by atomic mass is 9.84. The van der Waals surface area contributed by atoms with Crippen molar-refractivity contribution in [1.29, 1.82) is 0 Å². The summed E-state index contributed by atoms with van der Waals surface area (Å²) in [7, 11) is 0. The number of halogens is 2. The van der Waals surface area contributed by atoms with E-state index >= 15 is 0 Å². The molecule has 2 N–H and O–H groups in total. The number of ether oxygens (including phenoxy) is 1. The van der Waals surface area contributed by atoms with Gasteiger partial charge in [0.1, 0.15) is 11.6 Å². The summed E-state index contributed by atoms with van der Waals surface area (Å²) in [5, 5.41) is 4.68. The highest BCUT2D eigenvalue weighted by Gasteiger charge is 2.39. The zero-order valence-corrected chi connectivity index (χ0v) is 20.5. The summed E-state index contributed by atoms with van der Waals surface area (Å²) < 4.78 is 36.4. The quantitative estimate of drug-likeness (QED) is 0.549. The van der Waals surface area contributed by atoms with Crippen molar-refractivity contribution in [3.8, 4) is 11.4 Å². The average molecular weight is 482 g/mol. The molecule has 2 heterocycles. The highest BCUT2D eigenvalue weighted by Crippen LogP contribution is 2.41. The molecular weight excluding hydrogens is 448 g/mol. The molecular formula is C27H33F2N5O. The van der Waals surface area contributed by atoms with E-state index in [-0.39, 0.29) is 28.8 Å². The summed E-state index contributed by atoms with van der Waals surface area (Å²) >= 11 is 0. The molecule has 35 heavy (non-hydrogen) atoms. The second kappa shape index (κ2) is 10.3. The Morgan fingerprint density at radius 1 is 1.17 bits per heavy atom. The van der Waals surface area contributed by atoms with Crippen LogP contribution in [0.4, 0.5) is 8.78 Å². The van der Waals surface area contributed by atoms with Crippen LogP contribution in [-0.4, -0.2) is 46.0 Å². The van der Waals surface area contributed by atoms with Gasteiger partial charge in [-0.15, -0.1) is 0 Å². The fourth-order valence-electron chi connectivity index (χ4n) is 4.52. The van der Waals surface area contributed by atoms with Gasteiger partial charge in [0.2, 0.25) is 0 Å². The molecule has 1 saturated heterocycles. The minimum Gasteiger partial charge on any atom is -0.375 e. The Morgan fingerprint density at radius 2 is 1.91 bits per heavy atom. The Hall–Kier alpha value is -3.10. The molecule has 3 aromatic rings. The zero-order valence-electron chi connectivity index (χ0n) is 20.5. The van der Waals surface area contributed by atoms with E-state index in [4.69, 9.17) is 15.5 Å². The smallest absolute Gasteiger partial charge is 0.184 e. The second-order valence-corrected chi connectivity index (χ2v) is 10.2. The van der Waals surface area contributed by atoms with Crippen molar-refractivity contribution in [2.24, 2.45) is 17.1 Å². The Morgan fingerprint density at radius 3 is 2.60 bits per heavy atom. The normalized spacial score (nSPS) is 17.9. The van der Waals surface area contributed by atoms with Crippen LogP contribution < -0.4 is 5.73 Å². The van der Waals surface area contributed by atoms with Crippen molar-refractivity contribution >= 4 is 0 Å². The van der Waals surface area contributed by atoms with Crippen molar-refractivity contribution in [3.05, 3.63) is 83.8 Å². The van der Waals surface area contributed by atoms with E-state index in [1.54, 1.807) is 4.68 Å². The largest absolute Gasteiger partial charge is 0.375 e. The summed E-state index contributed by atoms with van der Waals surface area (Å²) in [6.07, 6.45) is 0. The zero-order chi connectivity index (χ0) is 25.2. The molecule has 6 nitrogen and oxygen atoms in total. The maximum Gasteiger partial charge on any atom is 0.184 e. The summed E-state index contributed by atoms with van der Waals surface area (Å²) in [6, 6.07) is 12.9. The molecule has 1 aliphatic heterocycles. The van der Waals surface area contributed by atoms with E-state index < -0.39 is 11.6 Å². The fourth-order valence-corrected chi connectivity index (χ4v) is 4.52. The third kappa shape index (κ3) is 5.60. The Kier molecular flexibility index (Phi) is 7.33. The number of nitrogens with zero attached hydrogens (tertiary/aromatic N) is 4. The molecule has 1 aliphatic rings. The van der Waals surface area contributed by atoms with Crippen LogP contribution in [0.1, 0.15) is 38.2 Å². The maximum absolute atomic E-state index is 14.7. The topological polar surface area (TPSA) is 69.2 Å². The predicted molar refractivity (Wildman–Crippen MR) is 132 cm³/mol. The van der Waals surface area contributed by atoms with Crippen molar-refractivity contribution in [2.75, 3.05) is 26.3 Å². The summed E-state index contributed by atoms with van der Waals surface area (Å²) in [5.41, 5.74) is 7.61. The predicted octanol–water partition coefficient (Wildman–Crippen LogP) is 4.78. The lowest BCUT2D eigenvalue weighted by molar-refractivity contribution is 0.112. The second-order valence-electron chi connectivity index (χ2n) is 10.2. The van der Waals surface area contributed by atoms with E-state index in [1.165, 1.54) is 0 Å². The van der Waals surface area contributed by atoms with E-state index in [0.29, 0.717) is 38.7 Å². The first-order valence-corrected chi connectivity index (χ1v) is 11.8. The molecule has 0 radical (unpaired) electrons. The van der Waals surface area contributed by atoms with Crippen molar-refractivity contribution < 1.29 is 13.5 Å². The Labute approximate surface area is 205 Å². The van der Waals surface area contributed by atoms with E-state index in [1.807, 2.05) is 30.3 Å². The first-order valence-electron chi connectivity index (χ1n) is 11.8. The van der Waals surface area contributed by atoms with Crippen molar-refractivity contribution in [1.82, 2.24) is 19.7 Å². The van der Waals surface area contributed by atoms with Crippen LogP contribution in [0.15, 0.2) is 60.8 Å². The summed E-state index contributed by atoms with van der Waals surface area (Å²) in [6.45, 7) is 13.2. The summed E-state index contributed by atoms with van der Waals surface area (Å²) in [4.78, 5) is 7.02. The highest BCUT2D eigenvalue weighted by atomic mass is 19.1. The SMILES string of the molecule is C=C1COC[C@@H](CN)CN1C(c1nc(-c2cc(F)ccc2F)nn1Cc1ccccc1)C(C)(C)C. The number of aromatic nitrogens is 3. The highest BCUT2D eigenvalue weighted by molar-refractivity contribution is 5.55. The van der Waals surface area contributed by atoms with Crippen molar-refractivity contribution in [3.63, 3.8) is 0 Å². The van der Waals surface area contributed by atoms with Gasteiger partial charge in [0, 0.05) is 18.2 Å². The van der Waals surface area contributed by atoms with Gasteiger partial charge in [-0.1, -0.05) is 57.7 Å². The molecule has 1 aromatic heterocycles. The van der Waals surface area contributed by atoms with Gasteiger partial charge >= 0.3 is 0 Å².